The monoisotopic (exact) mass is 610 g/mol. The van der Waals surface area contributed by atoms with Gasteiger partial charge in [-0.05, 0) is 17.7 Å². The van der Waals surface area contributed by atoms with Crippen molar-refractivity contribution in [2.45, 2.75) is 61.2 Å². The third-order valence-electron chi connectivity index (χ3n) is 7.71. The number of ketones is 1. The Morgan fingerprint density at radius 2 is 1.77 bits per heavy atom. The van der Waals surface area contributed by atoms with E-state index >= 15 is 0 Å². The number of carbonyl (C=O) groups is 1. The molecule has 236 valence electrons. The number of Topliss-reactive ketones (excluding diaryl/α,β-unsaturated/α-hetero) is 1. The van der Waals surface area contributed by atoms with Crippen molar-refractivity contribution in [3.8, 4) is 28.7 Å². The Labute approximate surface area is 245 Å². The molecule has 3 aliphatic heterocycles. The summed E-state index contributed by atoms with van der Waals surface area (Å²) in [5.41, 5.74) is -1.44. The lowest BCUT2D eigenvalue weighted by atomic mass is 9.95. The highest BCUT2D eigenvalue weighted by molar-refractivity contribution is 6.02. The van der Waals surface area contributed by atoms with Gasteiger partial charge in [0.15, 0.2) is 29.7 Å². The summed E-state index contributed by atoms with van der Waals surface area (Å²) >= 11 is 0. The minimum atomic E-state index is -2.01. The third kappa shape index (κ3) is 5.83. The first-order valence-corrected chi connectivity index (χ1v) is 13.4. The fourth-order valence-corrected chi connectivity index (χ4v) is 5.19. The summed E-state index contributed by atoms with van der Waals surface area (Å²) in [5, 5.41) is 71.4. The number of methoxy groups -OCH3 is 2. The molecule has 2 fully saturated rings. The van der Waals surface area contributed by atoms with Crippen molar-refractivity contribution in [1.29, 1.82) is 0 Å². The van der Waals surface area contributed by atoms with E-state index in [1.807, 2.05) is 0 Å². The molecule has 0 bridgehead atoms. The van der Waals surface area contributed by atoms with Crippen LogP contribution >= 0.6 is 0 Å². The minimum Gasteiger partial charge on any atom is -0.507 e. The Bertz CT molecular complexity index is 1320. The highest BCUT2D eigenvalue weighted by atomic mass is 16.8. The highest BCUT2D eigenvalue weighted by Crippen LogP contribution is 2.43. The fourth-order valence-electron chi connectivity index (χ4n) is 5.19. The van der Waals surface area contributed by atoms with Gasteiger partial charge in [-0.3, -0.25) is 4.79 Å². The van der Waals surface area contributed by atoms with Gasteiger partial charge in [0.25, 0.3) is 0 Å². The predicted molar refractivity (Wildman–Crippen MR) is 141 cm³/mol. The molecule has 0 aromatic heterocycles. The van der Waals surface area contributed by atoms with Gasteiger partial charge in [-0.1, -0.05) is 6.07 Å². The molecule has 2 saturated heterocycles. The molecule has 2 aromatic carbocycles. The van der Waals surface area contributed by atoms with Crippen LogP contribution in [-0.2, 0) is 14.2 Å². The summed E-state index contributed by atoms with van der Waals surface area (Å²) in [5.74, 6) is 0.0944. The van der Waals surface area contributed by atoms with Crippen molar-refractivity contribution in [2.75, 3.05) is 34.0 Å². The van der Waals surface area contributed by atoms with Crippen LogP contribution in [0, 0.1) is 0 Å². The number of phenolic OH excluding ortho intramolecular Hbond substituents is 1. The summed E-state index contributed by atoms with van der Waals surface area (Å²) in [6.45, 7) is -1.97. The fraction of sp³-hybridized carbons (Fsp3) is 0.536. The number of aromatic hydroxyl groups is 1. The normalized spacial score (nSPS) is 33.9. The zero-order valence-corrected chi connectivity index (χ0v) is 23.2. The molecule has 2 aromatic rings. The van der Waals surface area contributed by atoms with Crippen LogP contribution in [0.3, 0.4) is 0 Å². The van der Waals surface area contributed by atoms with E-state index in [2.05, 4.69) is 0 Å². The van der Waals surface area contributed by atoms with E-state index in [1.54, 1.807) is 12.1 Å². The Morgan fingerprint density at radius 1 is 1.00 bits per heavy atom. The third-order valence-corrected chi connectivity index (χ3v) is 7.71. The molecule has 3 aliphatic rings. The lowest BCUT2D eigenvalue weighted by molar-refractivity contribution is -0.319. The minimum absolute atomic E-state index is 0.0532. The molecule has 9 atom stereocenters. The van der Waals surface area contributed by atoms with Crippen LogP contribution < -0.4 is 18.9 Å². The molecule has 0 saturated carbocycles. The first kappa shape index (κ1) is 31.2. The van der Waals surface area contributed by atoms with Crippen molar-refractivity contribution in [2.24, 2.45) is 0 Å². The van der Waals surface area contributed by atoms with Crippen molar-refractivity contribution < 1.29 is 73.7 Å². The topological polar surface area (TPSA) is 223 Å². The standard InChI is InChI=1S/C28H34O15/c1-37-13-6-14(31)21-15(32)8-17(40-19(21)7-13)12-3-4-16(18(5-12)38-2)41-26-24(23(34)22(33)20(9-29)42-26)43-27-25(35)28(36,10-30)11-39-27/h3-7,17,20,22-27,29-31,33-36H,8-11H2,1-2H3/t17-,20?,22+,23-,24?,25+,26+,27-,28?/m0/s1. The Morgan fingerprint density at radius 3 is 2.42 bits per heavy atom. The van der Waals surface area contributed by atoms with E-state index in [1.165, 1.54) is 32.4 Å². The number of carbonyl (C=O) groups excluding carboxylic acids is 1. The maximum absolute atomic E-state index is 12.9. The average Bonchev–Trinajstić information content (AvgIpc) is 3.29. The van der Waals surface area contributed by atoms with Crippen LogP contribution in [0.4, 0.5) is 0 Å². The summed E-state index contributed by atoms with van der Waals surface area (Å²) in [6.07, 6.45) is -11.7. The zero-order valence-electron chi connectivity index (χ0n) is 23.2. The molecule has 0 amide bonds. The number of benzene rings is 2. The number of phenols is 1. The Balaban J connectivity index is 1.39. The van der Waals surface area contributed by atoms with Crippen LogP contribution in [0.5, 0.6) is 28.7 Å². The number of aliphatic hydroxyl groups is 6. The van der Waals surface area contributed by atoms with Gasteiger partial charge in [-0.2, -0.15) is 0 Å². The molecule has 5 rings (SSSR count). The van der Waals surface area contributed by atoms with Gasteiger partial charge in [-0.15, -0.1) is 0 Å². The summed E-state index contributed by atoms with van der Waals surface area (Å²) < 4.78 is 39.3. The largest absolute Gasteiger partial charge is 0.507 e. The molecular formula is C28H34O15. The van der Waals surface area contributed by atoms with Gasteiger partial charge in [0.1, 0.15) is 58.9 Å². The molecule has 15 nitrogen and oxygen atoms in total. The molecule has 0 aliphatic carbocycles. The number of fused-ring (bicyclic) bond motifs is 1. The molecular weight excluding hydrogens is 576 g/mol. The summed E-state index contributed by atoms with van der Waals surface area (Å²) in [7, 11) is 2.78. The average molecular weight is 611 g/mol. The van der Waals surface area contributed by atoms with Gasteiger partial charge >= 0.3 is 0 Å². The molecule has 43 heavy (non-hydrogen) atoms. The van der Waals surface area contributed by atoms with Crippen LogP contribution in [0.2, 0.25) is 0 Å². The summed E-state index contributed by atoms with van der Waals surface area (Å²) in [6, 6.07) is 7.45. The highest BCUT2D eigenvalue weighted by Gasteiger charge is 2.53. The van der Waals surface area contributed by atoms with Gasteiger partial charge in [-0.25, -0.2) is 0 Å². The van der Waals surface area contributed by atoms with Gasteiger partial charge in [0.05, 0.1) is 40.5 Å². The van der Waals surface area contributed by atoms with Crippen LogP contribution in [0.25, 0.3) is 0 Å². The maximum atomic E-state index is 12.9. The number of ether oxygens (including phenoxy) is 7. The quantitative estimate of drug-likeness (QED) is 0.176. The molecule has 7 N–H and O–H groups in total. The maximum Gasteiger partial charge on any atom is 0.229 e. The number of hydrogen-bond donors (Lipinski definition) is 7. The van der Waals surface area contributed by atoms with Gasteiger partial charge < -0.3 is 68.9 Å². The van der Waals surface area contributed by atoms with Crippen molar-refractivity contribution in [3.63, 3.8) is 0 Å². The van der Waals surface area contributed by atoms with Crippen molar-refractivity contribution in [3.05, 3.63) is 41.5 Å². The number of aliphatic hydroxyl groups excluding tert-OH is 5. The van der Waals surface area contributed by atoms with E-state index in [9.17, 15) is 40.5 Å². The van der Waals surface area contributed by atoms with Crippen molar-refractivity contribution in [1.82, 2.24) is 0 Å². The Kier molecular flexibility index (Phi) is 8.99. The van der Waals surface area contributed by atoms with Crippen molar-refractivity contribution >= 4 is 5.78 Å². The second kappa shape index (κ2) is 12.4. The van der Waals surface area contributed by atoms with E-state index in [-0.39, 0.29) is 40.8 Å². The first-order valence-electron chi connectivity index (χ1n) is 13.4. The zero-order chi connectivity index (χ0) is 31.1. The molecule has 3 heterocycles. The molecule has 0 radical (unpaired) electrons. The number of rotatable bonds is 9. The van der Waals surface area contributed by atoms with E-state index < -0.39 is 74.6 Å². The first-order chi connectivity index (χ1) is 20.5. The van der Waals surface area contributed by atoms with Gasteiger partial charge in [0.2, 0.25) is 6.29 Å². The lowest BCUT2D eigenvalue weighted by Gasteiger charge is -2.42. The van der Waals surface area contributed by atoms with Crippen LogP contribution in [0.15, 0.2) is 30.3 Å². The smallest absolute Gasteiger partial charge is 0.229 e. The van der Waals surface area contributed by atoms with Gasteiger partial charge in [0, 0.05) is 12.1 Å². The molecule has 3 unspecified atom stereocenters. The second-order valence-corrected chi connectivity index (χ2v) is 10.5. The lowest BCUT2D eigenvalue weighted by Crippen LogP contribution is -2.62. The molecule has 0 spiro atoms. The van der Waals surface area contributed by atoms with E-state index in [0.717, 1.165) is 0 Å². The number of hydrogen-bond acceptors (Lipinski definition) is 15. The van der Waals surface area contributed by atoms with Crippen LogP contribution in [-0.4, -0.2) is 124 Å². The second-order valence-electron chi connectivity index (χ2n) is 10.5. The predicted octanol–water partition coefficient (Wildman–Crippen LogP) is -1.24. The summed E-state index contributed by atoms with van der Waals surface area (Å²) in [4.78, 5) is 12.9. The Hall–Kier alpha value is -3.25. The SMILES string of the molecule is COc1cc(O)c2c(c1)O[C@H](c1ccc(O[C@@H]3OC(CO)[C@@H](O)[C@H](O)C3O[C@@H]3OCC(O)(CO)[C@@H]3O)c(OC)c1)CC2=O. The molecule has 15 heteroatoms. The van der Waals surface area contributed by atoms with Crippen LogP contribution in [0.1, 0.15) is 28.4 Å². The van der Waals surface area contributed by atoms with E-state index in [4.69, 9.17) is 33.2 Å². The van der Waals surface area contributed by atoms with E-state index in [0.29, 0.717) is 11.3 Å².